The second-order valence-corrected chi connectivity index (χ2v) is 4.65. The molecule has 0 saturated carbocycles. The Bertz CT molecular complexity index is 341. The van der Waals surface area contributed by atoms with E-state index in [9.17, 15) is 0 Å². The van der Waals surface area contributed by atoms with Crippen molar-refractivity contribution in [3.63, 3.8) is 0 Å². The Morgan fingerprint density at radius 3 is 2.62 bits per heavy atom. The molecule has 0 fully saturated rings. The number of rotatable bonds is 5. The van der Waals surface area contributed by atoms with Crippen LogP contribution >= 0.6 is 11.6 Å². The highest BCUT2D eigenvalue weighted by Crippen LogP contribution is 2.20. The Hall–Kier alpha value is -1.03. The van der Waals surface area contributed by atoms with Gasteiger partial charge in [-0.05, 0) is 11.8 Å². The van der Waals surface area contributed by atoms with Gasteiger partial charge in [0.1, 0.15) is 10.8 Å². The summed E-state index contributed by atoms with van der Waals surface area (Å²) >= 11 is 6.00. The van der Waals surface area contributed by atoms with Gasteiger partial charge in [0.2, 0.25) is 5.95 Å². The van der Waals surface area contributed by atoms with E-state index in [1.807, 2.05) is 0 Å². The summed E-state index contributed by atoms with van der Waals surface area (Å²) < 4.78 is 0. The quantitative estimate of drug-likeness (QED) is 0.834. The van der Waals surface area contributed by atoms with Gasteiger partial charge >= 0.3 is 0 Å². The molecule has 2 N–H and O–H groups in total. The normalized spacial score (nSPS) is 12.6. The van der Waals surface area contributed by atoms with Crippen LogP contribution in [0.5, 0.6) is 0 Å². The third-order valence-electron chi connectivity index (χ3n) is 2.70. The van der Waals surface area contributed by atoms with Gasteiger partial charge in [-0.1, -0.05) is 32.4 Å². The highest BCUT2D eigenvalue weighted by molar-refractivity contribution is 6.32. The van der Waals surface area contributed by atoms with Crippen molar-refractivity contribution in [2.45, 2.75) is 20.8 Å². The molecule has 1 atom stereocenters. The molecule has 0 bridgehead atoms. The molecule has 0 spiro atoms. The van der Waals surface area contributed by atoms with Gasteiger partial charge < -0.3 is 10.6 Å². The number of nitrogens with zero attached hydrogens (tertiary/aromatic N) is 2. The zero-order valence-electron chi connectivity index (χ0n) is 10.2. The van der Waals surface area contributed by atoms with Crippen LogP contribution in [0.25, 0.3) is 0 Å². The van der Waals surface area contributed by atoms with E-state index in [4.69, 9.17) is 11.6 Å². The lowest BCUT2D eigenvalue weighted by Crippen LogP contribution is -2.17. The molecule has 1 heterocycles. The van der Waals surface area contributed by atoms with Crippen molar-refractivity contribution in [2.24, 2.45) is 11.8 Å². The number of hydrogen-bond donors (Lipinski definition) is 2. The Morgan fingerprint density at radius 1 is 1.38 bits per heavy atom. The van der Waals surface area contributed by atoms with Crippen LogP contribution in [0.15, 0.2) is 6.20 Å². The van der Waals surface area contributed by atoms with E-state index >= 15 is 0 Å². The summed E-state index contributed by atoms with van der Waals surface area (Å²) in [7, 11) is 1.78. The van der Waals surface area contributed by atoms with Gasteiger partial charge in [-0.2, -0.15) is 4.98 Å². The maximum absolute atomic E-state index is 6.00. The molecule has 4 nitrogen and oxygen atoms in total. The Labute approximate surface area is 102 Å². The monoisotopic (exact) mass is 242 g/mol. The molecule has 1 rings (SSSR count). The molecule has 0 saturated heterocycles. The van der Waals surface area contributed by atoms with Crippen molar-refractivity contribution in [1.82, 2.24) is 9.97 Å². The lowest BCUT2D eigenvalue weighted by atomic mass is 9.98. The molecule has 0 amide bonds. The van der Waals surface area contributed by atoms with Gasteiger partial charge in [0, 0.05) is 13.6 Å². The smallest absolute Gasteiger partial charge is 0.224 e. The molecular formula is C11H19ClN4. The zero-order valence-corrected chi connectivity index (χ0v) is 11.0. The first-order valence-corrected chi connectivity index (χ1v) is 5.86. The summed E-state index contributed by atoms with van der Waals surface area (Å²) in [5, 5.41) is 6.68. The molecular weight excluding hydrogens is 224 g/mol. The number of hydrogen-bond acceptors (Lipinski definition) is 4. The van der Waals surface area contributed by atoms with Crippen molar-refractivity contribution in [3.05, 3.63) is 11.2 Å². The van der Waals surface area contributed by atoms with E-state index in [1.165, 1.54) is 0 Å². The second-order valence-electron chi connectivity index (χ2n) is 4.24. The molecule has 5 heteroatoms. The number of halogens is 1. The summed E-state index contributed by atoms with van der Waals surface area (Å²) in [6.45, 7) is 7.46. The van der Waals surface area contributed by atoms with Crippen LogP contribution in [0.4, 0.5) is 11.8 Å². The number of anilines is 2. The fraction of sp³-hybridized carbons (Fsp3) is 0.636. The highest BCUT2D eigenvalue weighted by Gasteiger charge is 2.09. The minimum absolute atomic E-state index is 0.551. The Kier molecular flexibility index (Phi) is 4.80. The van der Waals surface area contributed by atoms with Gasteiger partial charge in [0.25, 0.3) is 0 Å². The molecule has 16 heavy (non-hydrogen) atoms. The minimum atomic E-state index is 0.551. The van der Waals surface area contributed by atoms with E-state index in [-0.39, 0.29) is 0 Å². The van der Waals surface area contributed by atoms with E-state index in [0.717, 1.165) is 6.54 Å². The first-order chi connectivity index (χ1) is 7.54. The third kappa shape index (κ3) is 3.52. The van der Waals surface area contributed by atoms with Crippen molar-refractivity contribution < 1.29 is 0 Å². The summed E-state index contributed by atoms with van der Waals surface area (Å²) in [6.07, 6.45) is 1.60. The molecule has 90 valence electrons. The van der Waals surface area contributed by atoms with Gasteiger partial charge in [0.15, 0.2) is 0 Å². The maximum Gasteiger partial charge on any atom is 0.224 e. The summed E-state index contributed by atoms with van der Waals surface area (Å²) in [4.78, 5) is 8.28. The third-order valence-corrected chi connectivity index (χ3v) is 2.97. The fourth-order valence-electron chi connectivity index (χ4n) is 1.10. The molecule has 1 aromatic heterocycles. The lowest BCUT2D eigenvalue weighted by molar-refractivity contribution is 0.439. The molecule has 0 aliphatic rings. The van der Waals surface area contributed by atoms with Crippen LogP contribution in [0, 0.1) is 11.8 Å². The largest absolute Gasteiger partial charge is 0.368 e. The number of nitrogens with one attached hydrogen (secondary N) is 2. The summed E-state index contributed by atoms with van der Waals surface area (Å²) in [6, 6.07) is 0. The lowest BCUT2D eigenvalue weighted by Gasteiger charge is -2.17. The summed E-state index contributed by atoms with van der Waals surface area (Å²) in [5.41, 5.74) is 0. The van der Waals surface area contributed by atoms with Crippen LogP contribution in [-0.2, 0) is 0 Å². The van der Waals surface area contributed by atoms with Crippen LogP contribution in [0.1, 0.15) is 20.8 Å². The zero-order chi connectivity index (χ0) is 12.1. The molecule has 1 aromatic rings. The van der Waals surface area contributed by atoms with Gasteiger partial charge in [-0.3, -0.25) is 0 Å². The van der Waals surface area contributed by atoms with Crippen molar-refractivity contribution >= 4 is 23.4 Å². The van der Waals surface area contributed by atoms with Crippen LogP contribution in [-0.4, -0.2) is 23.6 Å². The van der Waals surface area contributed by atoms with Crippen molar-refractivity contribution in [3.8, 4) is 0 Å². The second kappa shape index (κ2) is 5.89. The standard InChI is InChI=1S/C11H19ClN4/c1-7(2)8(3)5-14-10-9(12)6-15-11(13-4)16-10/h6-8H,5H2,1-4H3,(H2,13,14,15,16). The SMILES string of the molecule is CNc1ncc(Cl)c(NCC(C)C(C)C)n1. The molecule has 0 aliphatic carbocycles. The predicted octanol–water partition coefficient (Wildman–Crippen LogP) is 2.88. The first-order valence-electron chi connectivity index (χ1n) is 5.48. The minimum Gasteiger partial charge on any atom is -0.368 e. The topological polar surface area (TPSA) is 49.8 Å². The molecule has 0 aromatic carbocycles. The highest BCUT2D eigenvalue weighted by atomic mass is 35.5. The average Bonchev–Trinajstić information content (AvgIpc) is 2.27. The van der Waals surface area contributed by atoms with Crippen LogP contribution in [0.3, 0.4) is 0 Å². The van der Waals surface area contributed by atoms with Crippen LogP contribution < -0.4 is 10.6 Å². The van der Waals surface area contributed by atoms with Gasteiger partial charge in [-0.25, -0.2) is 4.98 Å². The Balaban J connectivity index is 2.65. The van der Waals surface area contributed by atoms with E-state index in [2.05, 4.69) is 41.4 Å². The fourth-order valence-corrected chi connectivity index (χ4v) is 1.26. The van der Waals surface area contributed by atoms with Crippen molar-refractivity contribution in [2.75, 3.05) is 24.2 Å². The Morgan fingerprint density at radius 2 is 2.06 bits per heavy atom. The average molecular weight is 243 g/mol. The molecule has 0 radical (unpaired) electrons. The van der Waals surface area contributed by atoms with Crippen LogP contribution in [0.2, 0.25) is 5.02 Å². The van der Waals surface area contributed by atoms with E-state index in [1.54, 1.807) is 13.2 Å². The molecule has 1 unspecified atom stereocenters. The summed E-state index contributed by atoms with van der Waals surface area (Å²) in [5.74, 6) is 2.47. The maximum atomic E-state index is 6.00. The van der Waals surface area contributed by atoms with Gasteiger partial charge in [-0.15, -0.1) is 0 Å². The number of aromatic nitrogens is 2. The van der Waals surface area contributed by atoms with E-state index < -0.39 is 0 Å². The van der Waals surface area contributed by atoms with E-state index in [0.29, 0.717) is 28.6 Å². The first kappa shape index (κ1) is 13.0. The molecule has 0 aliphatic heterocycles. The predicted molar refractivity (Wildman–Crippen MR) is 69.1 cm³/mol. The van der Waals surface area contributed by atoms with Crippen molar-refractivity contribution in [1.29, 1.82) is 0 Å². The van der Waals surface area contributed by atoms with Gasteiger partial charge in [0.05, 0.1) is 6.20 Å².